The molecule has 1 spiro atoms. The van der Waals surface area contributed by atoms with Gasteiger partial charge in [-0.2, -0.15) is 0 Å². The molecule has 0 saturated heterocycles. The Morgan fingerprint density at radius 2 is 1.95 bits per heavy atom. The molecule has 3 rings (SSSR count). The number of carbonyl (C=O) groups is 1. The van der Waals surface area contributed by atoms with Crippen molar-refractivity contribution in [2.75, 3.05) is 0 Å². The molecule has 4 nitrogen and oxygen atoms in total. The van der Waals surface area contributed by atoms with E-state index in [9.17, 15) is 13.2 Å². The van der Waals surface area contributed by atoms with E-state index in [1.807, 2.05) is 13.0 Å². The summed E-state index contributed by atoms with van der Waals surface area (Å²) in [5.41, 5.74) is 1.11. The zero-order valence-corrected chi connectivity index (χ0v) is 13.1. The first-order chi connectivity index (χ1) is 9.96. The molecule has 21 heavy (non-hydrogen) atoms. The standard InChI is InChI=1S/C16H21NO3S/c1-2-12-6-3-4-7-14(12)21(19,20)17-15(18)13-10-16(11-13)8-5-9-16/h3-4,6-7,13H,2,5,8-11H2,1H3,(H,17,18). The molecular weight excluding hydrogens is 286 g/mol. The average molecular weight is 307 g/mol. The maximum atomic E-state index is 12.4. The predicted octanol–water partition coefficient (Wildman–Crippen LogP) is 2.63. The number of hydrogen-bond acceptors (Lipinski definition) is 3. The molecule has 0 bridgehead atoms. The van der Waals surface area contributed by atoms with Crippen LogP contribution in [0.1, 0.15) is 44.6 Å². The summed E-state index contributed by atoms with van der Waals surface area (Å²) in [4.78, 5) is 12.4. The Morgan fingerprint density at radius 1 is 1.29 bits per heavy atom. The van der Waals surface area contributed by atoms with Crippen molar-refractivity contribution in [3.63, 3.8) is 0 Å². The first kappa shape index (κ1) is 14.6. The van der Waals surface area contributed by atoms with Crippen LogP contribution in [0.15, 0.2) is 29.2 Å². The summed E-state index contributed by atoms with van der Waals surface area (Å²) >= 11 is 0. The molecule has 0 heterocycles. The monoisotopic (exact) mass is 307 g/mol. The molecular formula is C16H21NO3S. The topological polar surface area (TPSA) is 63.2 Å². The molecule has 1 amide bonds. The van der Waals surface area contributed by atoms with Gasteiger partial charge in [0.15, 0.2) is 0 Å². The summed E-state index contributed by atoms with van der Waals surface area (Å²) in [7, 11) is -3.75. The maximum Gasteiger partial charge on any atom is 0.264 e. The molecule has 2 fully saturated rings. The van der Waals surface area contributed by atoms with Crippen molar-refractivity contribution >= 4 is 15.9 Å². The van der Waals surface area contributed by atoms with Gasteiger partial charge in [0.05, 0.1) is 4.90 Å². The summed E-state index contributed by atoms with van der Waals surface area (Å²) in [6.45, 7) is 1.91. The van der Waals surface area contributed by atoms with E-state index in [1.165, 1.54) is 19.3 Å². The van der Waals surface area contributed by atoms with Crippen LogP contribution in [0.3, 0.4) is 0 Å². The van der Waals surface area contributed by atoms with Crippen LogP contribution in [0.4, 0.5) is 0 Å². The minimum absolute atomic E-state index is 0.131. The van der Waals surface area contributed by atoms with Crippen LogP contribution in [-0.2, 0) is 21.2 Å². The number of benzene rings is 1. The fraction of sp³-hybridized carbons (Fsp3) is 0.562. The molecule has 0 aliphatic heterocycles. The Balaban J connectivity index is 1.70. The van der Waals surface area contributed by atoms with Crippen molar-refractivity contribution in [1.29, 1.82) is 0 Å². The van der Waals surface area contributed by atoms with E-state index >= 15 is 0 Å². The lowest BCUT2D eigenvalue weighted by molar-refractivity contribution is -0.134. The summed E-state index contributed by atoms with van der Waals surface area (Å²) in [6.07, 6.45) is 5.96. The van der Waals surface area contributed by atoms with Crippen molar-refractivity contribution in [1.82, 2.24) is 4.72 Å². The second kappa shape index (κ2) is 5.13. The van der Waals surface area contributed by atoms with Gasteiger partial charge in [-0.1, -0.05) is 31.5 Å². The highest BCUT2D eigenvalue weighted by molar-refractivity contribution is 7.90. The van der Waals surface area contributed by atoms with Crippen molar-refractivity contribution < 1.29 is 13.2 Å². The van der Waals surface area contributed by atoms with E-state index < -0.39 is 10.0 Å². The number of amides is 1. The lowest BCUT2D eigenvalue weighted by Gasteiger charge is -2.53. The Hall–Kier alpha value is -1.36. The van der Waals surface area contributed by atoms with Gasteiger partial charge in [-0.3, -0.25) is 4.79 Å². The van der Waals surface area contributed by atoms with Gasteiger partial charge in [-0.05, 0) is 49.1 Å². The number of aryl methyl sites for hydroxylation is 1. The SMILES string of the molecule is CCc1ccccc1S(=O)(=O)NC(=O)C1CC2(CCC2)C1. The lowest BCUT2D eigenvalue weighted by atomic mass is 9.52. The maximum absolute atomic E-state index is 12.4. The van der Waals surface area contributed by atoms with Crippen LogP contribution in [0.2, 0.25) is 0 Å². The fourth-order valence-electron chi connectivity index (χ4n) is 3.58. The van der Waals surface area contributed by atoms with E-state index in [0.29, 0.717) is 11.8 Å². The van der Waals surface area contributed by atoms with Gasteiger partial charge >= 0.3 is 0 Å². The number of nitrogens with one attached hydrogen (secondary N) is 1. The van der Waals surface area contributed by atoms with Crippen molar-refractivity contribution in [3.8, 4) is 0 Å². The first-order valence-electron chi connectivity index (χ1n) is 7.60. The van der Waals surface area contributed by atoms with Gasteiger partial charge in [0.1, 0.15) is 0 Å². The van der Waals surface area contributed by atoms with Crippen LogP contribution < -0.4 is 4.72 Å². The summed E-state index contributed by atoms with van der Waals surface area (Å²) < 4.78 is 27.0. The molecule has 1 N–H and O–H groups in total. The molecule has 5 heteroatoms. The largest absolute Gasteiger partial charge is 0.274 e. The number of hydrogen-bond donors (Lipinski definition) is 1. The molecule has 0 radical (unpaired) electrons. The lowest BCUT2D eigenvalue weighted by Crippen LogP contribution is -2.49. The van der Waals surface area contributed by atoms with Gasteiger partial charge < -0.3 is 0 Å². The molecule has 0 aromatic heterocycles. The molecule has 0 atom stereocenters. The van der Waals surface area contributed by atoms with Crippen molar-refractivity contribution in [3.05, 3.63) is 29.8 Å². The molecule has 1 aromatic carbocycles. The van der Waals surface area contributed by atoms with Gasteiger partial charge in [-0.15, -0.1) is 0 Å². The molecule has 0 unspecified atom stereocenters. The second-order valence-electron chi connectivity index (χ2n) is 6.39. The molecule has 114 valence electrons. The fourth-order valence-corrected chi connectivity index (χ4v) is 4.94. The number of sulfonamides is 1. The minimum Gasteiger partial charge on any atom is -0.274 e. The highest BCUT2D eigenvalue weighted by Crippen LogP contribution is 2.58. The number of carbonyl (C=O) groups excluding carboxylic acids is 1. The highest BCUT2D eigenvalue weighted by atomic mass is 32.2. The first-order valence-corrected chi connectivity index (χ1v) is 9.09. The van der Waals surface area contributed by atoms with Crippen LogP contribution in [0.5, 0.6) is 0 Å². The Bertz CT molecular complexity index is 654. The Kier molecular flexibility index (Phi) is 3.56. The third kappa shape index (κ3) is 2.59. The van der Waals surface area contributed by atoms with Crippen molar-refractivity contribution in [2.24, 2.45) is 11.3 Å². The zero-order chi connectivity index (χ0) is 15.1. The molecule has 1 aromatic rings. The zero-order valence-electron chi connectivity index (χ0n) is 12.3. The molecule has 2 saturated carbocycles. The van der Waals surface area contributed by atoms with E-state index in [-0.39, 0.29) is 16.7 Å². The summed E-state index contributed by atoms with van der Waals surface area (Å²) in [5.74, 6) is -0.465. The quantitative estimate of drug-likeness (QED) is 0.930. The van der Waals surface area contributed by atoms with Crippen LogP contribution in [0, 0.1) is 11.3 Å². The van der Waals surface area contributed by atoms with E-state index in [0.717, 1.165) is 18.4 Å². The third-order valence-corrected chi connectivity index (χ3v) is 6.47. The average Bonchev–Trinajstić information content (AvgIpc) is 2.34. The van der Waals surface area contributed by atoms with Gasteiger partial charge in [0.25, 0.3) is 10.0 Å². The van der Waals surface area contributed by atoms with E-state index in [4.69, 9.17) is 0 Å². The van der Waals surface area contributed by atoms with Crippen LogP contribution in [-0.4, -0.2) is 14.3 Å². The molecule has 2 aliphatic rings. The smallest absolute Gasteiger partial charge is 0.264 e. The van der Waals surface area contributed by atoms with Crippen molar-refractivity contribution in [2.45, 2.75) is 50.3 Å². The summed E-state index contributed by atoms with van der Waals surface area (Å²) in [6, 6.07) is 6.84. The van der Waals surface area contributed by atoms with E-state index in [1.54, 1.807) is 18.2 Å². The van der Waals surface area contributed by atoms with E-state index in [2.05, 4.69) is 4.72 Å². The Labute approximate surface area is 126 Å². The van der Waals surface area contributed by atoms with Gasteiger partial charge in [-0.25, -0.2) is 13.1 Å². The minimum atomic E-state index is -3.75. The highest BCUT2D eigenvalue weighted by Gasteiger charge is 2.51. The van der Waals surface area contributed by atoms with Gasteiger partial charge in [0.2, 0.25) is 5.91 Å². The summed E-state index contributed by atoms with van der Waals surface area (Å²) in [5, 5.41) is 0. The normalized spacial score (nSPS) is 20.6. The molecule has 2 aliphatic carbocycles. The van der Waals surface area contributed by atoms with Gasteiger partial charge in [0, 0.05) is 5.92 Å². The third-order valence-electron chi connectivity index (χ3n) is 5.02. The second-order valence-corrected chi connectivity index (χ2v) is 8.04. The van der Waals surface area contributed by atoms with Crippen LogP contribution >= 0.6 is 0 Å². The predicted molar refractivity (Wildman–Crippen MR) is 80.2 cm³/mol. The van der Waals surface area contributed by atoms with Crippen LogP contribution in [0.25, 0.3) is 0 Å². The Morgan fingerprint density at radius 3 is 2.52 bits per heavy atom. The number of rotatable bonds is 4.